The second-order valence-corrected chi connectivity index (χ2v) is 3.70. The van der Waals surface area contributed by atoms with Crippen molar-refractivity contribution in [1.29, 1.82) is 0 Å². The van der Waals surface area contributed by atoms with Gasteiger partial charge in [-0.25, -0.2) is 4.79 Å². The SMILES string of the molecule is CCC(C)(C)[C@H](C)NC(=O)OC. The maximum absolute atomic E-state index is 10.9. The maximum Gasteiger partial charge on any atom is 0.407 e. The highest BCUT2D eigenvalue weighted by molar-refractivity contribution is 5.67. The van der Waals surface area contributed by atoms with E-state index < -0.39 is 0 Å². The van der Waals surface area contributed by atoms with Crippen LogP contribution in [0.4, 0.5) is 4.79 Å². The molecule has 0 rings (SSSR count). The molecule has 0 unspecified atom stereocenters. The lowest BCUT2D eigenvalue weighted by Crippen LogP contribution is -2.42. The Labute approximate surface area is 74.5 Å². The van der Waals surface area contributed by atoms with Gasteiger partial charge in [-0.1, -0.05) is 20.8 Å². The largest absolute Gasteiger partial charge is 0.453 e. The van der Waals surface area contributed by atoms with Gasteiger partial charge in [0.1, 0.15) is 0 Å². The van der Waals surface area contributed by atoms with E-state index in [1.807, 2.05) is 6.92 Å². The molecular weight excluding hydrogens is 154 g/mol. The molecule has 12 heavy (non-hydrogen) atoms. The number of alkyl carbamates (subject to hydrolysis) is 1. The van der Waals surface area contributed by atoms with Crippen molar-refractivity contribution in [2.75, 3.05) is 7.11 Å². The van der Waals surface area contributed by atoms with E-state index in [-0.39, 0.29) is 17.6 Å². The summed E-state index contributed by atoms with van der Waals surface area (Å²) in [6, 6.07) is 0.134. The van der Waals surface area contributed by atoms with Crippen LogP contribution >= 0.6 is 0 Å². The zero-order valence-corrected chi connectivity index (χ0v) is 8.60. The van der Waals surface area contributed by atoms with Gasteiger partial charge in [0.15, 0.2) is 0 Å². The van der Waals surface area contributed by atoms with Crippen molar-refractivity contribution < 1.29 is 9.53 Å². The van der Waals surface area contributed by atoms with Crippen LogP contribution in [0.3, 0.4) is 0 Å². The zero-order valence-electron chi connectivity index (χ0n) is 8.60. The molecule has 0 aromatic rings. The minimum atomic E-state index is -0.357. The topological polar surface area (TPSA) is 38.3 Å². The van der Waals surface area contributed by atoms with Crippen LogP contribution in [0, 0.1) is 5.41 Å². The van der Waals surface area contributed by atoms with Crippen molar-refractivity contribution in [3.05, 3.63) is 0 Å². The molecule has 0 fully saturated rings. The summed E-state index contributed by atoms with van der Waals surface area (Å²) in [7, 11) is 1.38. The fourth-order valence-electron chi connectivity index (χ4n) is 0.737. The van der Waals surface area contributed by atoms with Gasteiger partial charge in [-0.3, -0.25) is 0 Å². The standard InChI is InChI=1S/C9H19NO2/c1-6-9(3,4)7(2)10-8(11)12-5/h7H,6H2,1-5H3,(H,10,11)/t7-/m0/s1. The first-order chi connectivity index (χ1) is 5.44. The van der Waals surface area contributed by atoms with Gasteiger partial charge in [0, 0.05) is 6.04 Å². The summed E-state index contributed by atoms with van der Waals surface area (Å²) in [5.41, 5.74) is 0.119. The van der Waals surface area contributed by atoms with Gasteiger partial charge in [0.05, 0.1) is 7.11 Å². The van der Waals surface area contributed by atoms with E-state index in [1.165, 1.54) is 7.11 Å². The maximum atomic E-state index is 10.9. The summed E-state index contributed by atoms with van der Waals surface area (Å²) < 4.78 is 4.51. The van der Waals surface area contributed by atoms with E-state index in [0.29, 0.717) is 0 Å². The molecule has 1 atom stereocenters. The average Bonchev–Trinajstić information content (AvgIpc) is 2.04. The first-order valence-electron chi connectivity index (χ1n) is 4.28. The smallest absolute Gasteiger partial charge is 0.407 e. The van der Waals surface area contributed by atoms with Gasteiger partial charge >= 0.3 is 6.09 Å². The zero-order chi connectivity index (χ0) is 9.78. The number of rotatable bonds is 3. The van der Waals surface area contributed by atoms with Crippen LogP contribution in [-0.4, -0.2) is 19.2 Å². The molecule has 3 nitrogen and oxygen atoms in total. The molecule has 72 valence electrons. The van der Waals surface area contributed by atoms with Gasteiger partial charge < -0.3 is 10.1 Å². The number of carbonyl (C=O) groups excluding carboxylic acids is 1. The van der Waals surface area contributed by atoms with Gasteiger partial charge in [-0.15, -0.1) is 0 Å². The lowest BCUT2D eigenvalue weighted by atomic mass is 9.83. The summed E-state index contributed by atoms with van der Waals surface area (Å²) in [4.78, 5) is 10.9. The highest BCUT2D eigenvalue weighted by Gasteiger charge is 2.25. The summed E-state index contributed by atoms with van der Waals surface area (Å²) >= 11 is 0. The molecule has 0 bridgehead atoms. The fraction of sp³-hybridized carbons (Fsp3) is 0.889. The molecule has 0 saturated heterocycles. The number of methoxy groups -OCH3 is 1. The lowest BCUT2D eigenvalue weighted by molar-refractivity contribution is 0.152. The number of ether oxygens (including phenoxy) is 1. The van der Waals surface area contributed by atoms with Crippen molar-refractivity contribution in [2.24, 2.45) is 5.41 Å². The Balaban J connectivity index is 4.02. The first-order valence-corrected chi connectivity index (χ1v) is 4.28. The second kappa shape index (κ2) is 4.33. The predicted octanol–water partition coefficient (Wildman–Crippen LogP) is 2.17. The monoisotopic (exact) mass is 173 g/mol. The summed E-state index contributed by atoms with van der Waals surface area (Å²) in [5, 5.41) is 2.76. The van der Waals surface area contributed by atoms with Gasteiger partial charge in [0.2, 0.25) is 0 Å². The van der Waals surface area contributed by atoms with Crippen molar-refractivity contribution in [3.63, 3.8) is 0 Å². The second-order valence-electron chi connectivity index (χ2n) is 3.70. The van der Waals surface area contributed by atoms with E-state index in [0.717, 1.165) is 6.42 Å². The van der Waals surface area contributed by atoms with Crippen molar-refractivity contribution in [2.45, 2.75) is 40.2 Å². The molecule has 0 saturated carbocycles. The Kier molecular flexibility index (Phi) is 4.07. The Hall–Kier alpha value is -0.730. The summed E-state index contributed by atoms with van der Waals surface area (Å²) in [6.07, 6.45) is 0.669. The van der Waals surface area contributed by atoms with Gasteiger partial charge in [-0.05, 0) is 18.8 Å². The van der Waals surface area contributed by atoms with Crippen LogP contribution in [0.2, 0.25) is 0 Å². The van der Waals surface area contributed by atoms with Crippen LogP contribution in [0.5, 0.6) is 0 Å². The minimum Gasteiger partial charge on any atom is -0.453 e. The molecule has 0 aliphatic rings. The number of hydrogen-bond donors (Lipinski definition) is 1. The minimum absolute atomic E-state index is 0.119. The normalized spacial score (nSPS) is 13.8. The number of carbonyl (C=O) groups is 1. The molecular formula is C9H19NO2. The first kappa shape index (κ1) is 11.3. The summed E-state index contributed by atoms with van der Waals surface area (Å²) in [6.45, 7) is 8.33. The number of amides is 1. The van der Waals surface area contributed by atoms with Crippen LogP contribution in [0.25, 0.3) is 0 Å². The van der Waals surface area contributed by atoms with Gasteiger partial charge in [-0.2, -0.15) is 0 Å². The summed E-state index contributed by atoms with van der Waals surface area (Å²) in [5.74, 6) is 0. The highest BCUT2D eigenvalue weighted by atomic mass is 16.5. The fourth-order valence-corrected chi connectivity index (χ4v) is 0.737. The molecule has 0 aromatic heterocycles. The van der Waals surface area contributed by atoms with E-state index in [1.54, 1.807) is 0 Å². The molecule has 0 aliphatic heterocycles. The molecule has 0 radical (unpaired) electrons. The Bertz CT molecular complexity index is 155. The van der Waals surface area contributed by atoms with Crippen LogP contribution in [0.15, 0.2) is 0 Å². The van der Waals surface area contributed by atoms with Crippen LogP contribution in [-0.2, 0) is 4.74 Å². The molecule has 0 aromatic carbocycles. The molecule has 0 spiro atoms. The third kappa shape index (κ3) is 3.11. The Morgan fingerprint density at radius 1 is 1.58 bits per heavy atom. The molecule has 0 heterocycles. The Morgan fingerprint density at radius 3 is 2.42 bits per heavy atom. The van der Waals surface area contributed by atoms with Crippen LogP contribution < -0.4 is 5.32 Å². The predicted molar refractivity (Wildman–Crippen MR) is 49.1 cm³/mol. The highest BCUT2D eigenvalue weighted by Crippen LogP contribution is 2.24. The van der Waals surface area contributed by atoms with Gasteiger partial charge in [0.25, 0.3) is 0 Å². The van der Waals surface area contributed by atoms with E-state index in [2.05, 4.69) is 30.8 Å². The lowest BCUT2D eigenvalue weighted by Gasteiger charge is -2.30. The van der Waals surface area contributed by atoms with Crippen molar-refractivity contribution in [1.82, 2.24) is 5.32 Å². The van der Waals surface area contributed by atoms with E-state index in [4.69, 9.17) is 0 Å². The molecule has 1 amide bonds. The van der Waals surface area contributed by atoms with Crippen molar-refractivity contribution in [3.8, 4) is 0 Å². The molecule has 0 aliphatic carbocycles. The number of nitrogens with one attached hydrogen (secondary N) is 1. The van der Waals surface area contributed by atoms with E-state index >= 15 is 0 Å². The number of hydrogen-bond acceptors (Lipinski definition) is 2. The van der Waals surface area contributed by atoms with Crippen LogP contribution in [0.1, 0.15) is 34.1 Å². The Morgan fingerprint density at radius 2 is 2.08 bits per heavy atom. The third-order valence-electron chi connectivity index (χ3n) is 2.60. The molecule has 1 N–H and O–H groups in total. The quantitative estimate of drug-likeness (QED) is 0.710. The van der Waals surface area contributed by atoms with E-state index in [9.17, 15) is 4.79 Å². The third-order valence-corrected chi connectivity index (χ3v) is 2.60. The average molecular weight is 173 g/mol. The van der Waals surface area contributed by atoms with Crippen molar-refractivity contribution >= 4 is 6.09 Å². The molecule has 3 heteroatoms.